The second-order valence-corrected chi connectivity index (χ2v) is 5.51. The number of hydrogen-bond acceptors (Lipinski definition) is 2. The van der Waals surface area contributed by atoms with Crippen LogP contribution in [0.1, 0.15) is 32.4 Å². The van der Waals surface area contributed by atoms with E-state index in [0.717, 1.165) is 19.6 Å². The van der Waals surface area contributed by atoms with Gasteiger partial charge in [-0.25, -0.2) is 4.39 Å². The van der Waals surface area contributed by atoms with Crippen LogP contribution in [0, 0.1) is 5.82 Å². The maximum Gasteiger partial charge on any atom is 0.123 e. The number of nitrogens with one attached hydrogen (secondary N) is 1. The maximum atomic E-state index is 12.9. The second kappa shape index (κ2) is 4.75. The molecule has 94 valence electrons. The smallest absolute Gasteiger partial charge is 0.123 e. The highest BCUT2D eigenvalue weighted by Gasteiger charge is 2.28. The summed E-state index contributed by atoms with van der Waals surface area (Å²) in [6.45, 7) is 9.70. The van der Waals surface area contributed by atoms with Crippen LogP contribution in [0.4, 0.5) is 4.39 Å². The van der Waals surface area contributed by atoms with Crippen LogP contribution in [0.2, 0.25) is 0 Å². The largest absolute Gasteiger partial charge is 0.309 e. The Morgan fingerprint density at radius 3 is 2.53 bits per heavy atom. The Kier molecular flexibility index (Phi) is 3.50. The van der Waals surface area contributed by atoms with Crippen molar-refractivity contribution >= 4 is 0 Å². The van der Waals surface area contributed by atoms with Gasteiger partial charge in [0.15, 0.2) is 0 Å². The van der Waals surface area contributed by atoms with Crippen molar-refractivity contribution in [3.05, 3.63) is 35.6 Å². The van der Waals surface area contributed by atoms with E-state index in [1.165, 1.54) is 5.56 Å². The Labute approximate surface area is 103 Å². The molecule has 0 bridgehead atoms. The zero-order valence-corrected chi connectivity index (χ0v) is 10.8. The van der Waals surface area contributed by atoms with Crippen LogP contribution in [0.15, 0.2) is 24.3 Å². The standard InChI is InChI=1S/C14H21FN2/c1-11(12-4-6-13(15)7-5-12)17-9-8-16-14(2,3)10-17/h4-7,11,16H,8-10H2,1-3H3. The fraction of sp³-hybridized carbons (Fsp3) is 0.571. The molecule has 1 aromatic rings. The molecule has 1 unspecified atom stereocenters. The normalized spacial score (nSPS) is 22.4. The highest BCUT2D eigenvalue weighted by atomic mass is 19.1. The summed E-state index contributed by atoms with van der Waals surface area (Å²) in [4.78, 5) is 2.45. The van der Waals surface area contributed by atoms with E-state index in [9.17, 15) is 4.39 Å². The molecule has 3 heteroatoms. The molecule has 1 N–H and O–H groups in total. The molecule has 1 heterocycles. The minimum atomic E-state index is -0.165. The molecule has 1 saturated heterocycles. The molecule has 0 spiro atoms. The first kappa shape index (κ1) is 12.5. The van der Waals surface area contributed by atoms with Gasteiger partial charge in [-0.05, 0) is 38.5 Å². The molecule has 0 aromatic heterocycles. The molecule has 2 rings (SSSR count). The predicted octanol–water partition coefficient (Wildman–Crippen LogP) is 2.57. The molecule has 1 aromatic carbocycles. The zero-order valence-electron chi connectivity index (χ0n) is 10.8. The summed E-state index contributed by atoms with van der Waals surface area (Å²) in [5.74, 6) is -0.165. The van der Waals surface area contributed by atoms with E-state index in [4.69, 9.17) is 0 Å². The van der Waals surface area contributed by atoms with Crippen molar-refractivity contribution in [2.45, 2.75) is 32.4 Å². The van der Waals surface area contributed by atoms with E-state index in [0.29, 0.717) is 6.04 Å². The van der Waals surface area contributed by atoms with E-state index in [-0.39, 0.29) is 11.4 Å². The van der Waals surface area contributed by atoms with Crippen LogP contribution in [0.25, 0.3) is 0 Å². The van der Waals surface area contributed by atoms with Gasteiger partial charge in [-0.1, -0.05) is 12.1 Å². The first-order valence-corrected chi connectivity index (χ1v) is 6.22. The van der Waals surface area contributed by atoms with Crippen molar-refractivity contribution in [3.63, 3.8) is 0 Å². The van der Waals surface area contributed by atoms with Crippen LogP contribution < -0.4 is 5.32 Å². The molecule has 0 aliphatic carbocycles. The van der Waals surface area contributed by atoms with Crippen LogP contribution >= 0.6 is 0 Å². The Morgan fingerprint density at radius 1 is 1.29 bits per heavy atom. The van der Waals surface area contributed by atoms with Gasteiger partial charge in [-0.15, -0.1) is 0 Å². The third kappa shape index (κ3) is 3.05. The van der Waals surface area contributed by atoms with Crippen molar-refractivity contribution in [1.82, 2.24) is 10.2 Å². The number of rotatable bonds is 2. The highest BCUT2D eigenvalue weighted by Crippen LogP contribution is 2.24. The van der Waals surface area contributed by atoms with Crippen molar-refractivity contribution in [2.75, 3.05) is 19.6 Å². The van der Waals surface area contributed by atoms with E-state index in [1.807, 2.05) is 12.1 Å². The third-order valence-corrected chi connectivity index (χ3v) is 3.50. The van der Waals surface area contributed by atoms with Gasteiger partial charge in [0.25, 0.3) is 0 Å². The van der Waals surface area contributed by atoms with Gasteiger partial charge >= 0.3 is 0 Å². The lowest BCUT2D eigenvalue weighted by atomic mass is 9.98. The van der Waals surface area contributed by atoms with Gasteiger partial charge in [-0.2, -0.15) is 0 Å². The van der Waals surface area contributed by atoms with Crippen molar-refractivity contribution in [2.24, 2.45) is 0 Å². The monoisotopic (exact) mass is 236 g/mol. The topological polar surface area (TPSA) is 15.3 Å². The Balaban J connectivity index is 2.09. The van der Waals surface area contributed by atoms with E-state index in [1.54, 1.807) is 12.1 Å². The van der Waals surface area contributed by atoms with Crippen molar-refractivity contribution in [1.29, 1.82) is 0 Å². The molecule has 2 nitrogen and oxygen atoms in total. The SMILES string of the molecule is CC(c1ccc(F)cc1)N1CCNC(C)(C)C1. The summed E-state index contributed by atoms with van der Waals surface area (Å²) < 4.78 is 12.9. The molecule has 1 aliphatic rings. The van der Waals surface area contributed by atoms with Crippen LogP contribution in [0.3, 0.4) is 0 Å². The lowest BCUT2D eigenvalue weighted by Gasteiger charge is -2.42. The van der Waals surface area contributed by atoms with Gasteiger partial charge in [0.1, 0.15) is 5.82 Å². The minimum Gasteiger partial charge on any atom is -0.309 e. The molecule has 1 aliphatic heterocycles. The van der Waals surface area contributed by atoms with Crippen LogP contribution in [0.5, 0.6) is 0 Å². The molecular weight excluding hydrogens is 215 g/mol. The second-order valence-electron chi connectivity index (χ2n) is 5.51. The summed E-state index contributed by atoms with van der Waals surface area (Å²) in [6.07, 6.45) is 0. The summed E-state index contributed by atoms with van der Waals surface area (Å²) in [5.41, 5.74) is 1.34. The van der Waals surface area contributed by atoms with Gasteiger partial charge < -0.3 is 5.32 Å². The average molecular weight is 236 g/mol. The molecule has 0 saturated carbocycles. The summed E-state index contributed by atoms with van der Waals surface area (Å²) in [5, 5.41) is 3.50. The third-order valence-electron chi connectivity index (χ3n) is 3.50. The fourth-order valence-electron chi connectivity index (χ4n) is 2.46. The van der Waals surface area contributed by atoms with E-state index < -0.39 is 0 Å². The molecular formula is C14H21FN2. The van der Waals surface area contributed by atoms with Crippen LogP contribution in [-0.2, 0) is 0 Å². The summed E-state index contributed by atoms with van der Waals surface area (Å²) in [6, 6.07) is 7.19. The molecule has 1 atom stereocenters. The van der Waals surface area contributed by atoms with Gasteiger partial charge in [-0.3, -0.25) is 4.90 Å². The lowest BCUT2D eigenvalue weighted by molar-refractivity contribution is 0.117. The van der Waals surface area contributed by atoms with Gasteiger partial charge in [0, 0.05) is 31.2 Å². The van der Waals surface area contributed by atoms with Crippen molar-refractivity contribution in [3.8, 4) is 0 Å². The zero-order chi connectivity index (χ0) is 12.5. The van der Waals surface area contributed by atoms with Crippen LogP contribution in [-0.4, -0.2) is 30.1 Å². The lowest BCUT2D eigenvalue weighted by Crippen LogP contribution is -2.57. The van der Waals surface area contributed by atoms with E-state index >= 15 is 0 Å². The number of hydrogen-bond donors (Lipinski definition) is 1. The first-order valence-electron chi connectivity index (χ1n) is 6.22. The van der Waals surface area contributed by atoms with Crippen molar-refractivity contribution < 1.29 is 4.39 Å². The van der Waals surface area contributed by atoms with Gasteiger partial charge in [0.2, 0.25) is 0 Å². The minimum absolute atomic E-state index is 0.159. The quantitative estimate of drug-likeness (QED) is 0.849. The number of nitrogens with zero attached hydrogens (tertiary/aromatic N) is 1. The molecule has 0 amide bonds. The number of benzene rings is 1. The molecule has 1 fully saturated rings. The Morgan fingerprint density at radius 2 is 1.94 bits per heavy atom. The maximum absolute atomic E-state index is 12.9. The predicted molar refractivity (Wildman–Crippen MR) is 68.5 cm³/mol. The Bertz CT molecular complexity index is 372. The molecule has 0 radical (unpaired) electrons. The first-order chi connectivity index (χ1) is 7.98. The van der Waals surface area contributed by atoms with E-state index in [2.05, 4.69) is 31.0 Å². The molecule has 17 heavy (non-hydrogen) atoms. The van der Waals surface area contributed by atoms with Gasteiger partial charge in [0.05, 0.1) is 0 Å². The highest BCUT2D eigenvalue weighted by molar-refractivity contribution is 5.19. The average Bonchev–Trinajstić information content (AvgIpc) is 2.28. The fourth-order valence-corrected chi connectivity index (χ4v) is 2.46. The Hall–Kier alpha value is -0.930. The summed E-state index contributed by atoms with van der Waals surface area (Å²) in [7, 11) is 0. The summed E-state index contributed by atoms with van der Waals surface area (Å²) >= 11 is 0. The number of halogens is 1. The number of piperazine rings is 1.